The summed E-state index contributed by atoms with van der Waals surface area (Å²) < 4.78 is 0. The van der Waals surface area contributed by atoms with E-state index in [-0.39, 0.29) is 0 Å². The van der Waals surface area contributed by atoms with Crippen molar-refractivity contribution in [2.24, 2.45) is 0 Å². The van der Waals surface area contributed by atoms with E-state index in [1.807, 2.05) is 12.2 Å². The smallest absolute Gasteiger partial charge is 0.00949 e. The minimum Gasteiger partial charge on any atom is -0.103 e. The van der Waals surface area contributed by atoms with E-state index in [2.05, 4.69) is 43.5 Å². The first-order chi connectivity index (χ1) is 7.36. The Hall–Kier alpha value is -1.56. The fourth-order valence-corrected chi connectivity index (χ4v) is 2.27. The van der Waals surface area contributed by atoms with Crippen LogP contribution in [0.3, 0.4) is 0 Å². The van der Waals surface area contributed by atoms with E-state index in [1.165, 1.54) is 16.7 Å². The Bertz CT molecular complexity index is 410. The largest absolute Gasteiger partial charge is 0.103 e. The van der Waals surface area contributed by atoms with Crippen molar-refractivity contribution in [2.45, 2.75) is 18.8 Å². The molecule has 1 aliphatic rings. The van der Waals surface area contributed by atoms with Crippen molar-refractivity contribution in [1.29, 1.82) is 0 Å². The highest BCUT2D eigenvalue weighted by atomic mass is 14.3. The van der Waals surface area contributed by atoms with Crippen LogP contribution < -0.4 is 0 Å². The third-order valence-electron chi connectivity index (χ3n) is 2.94. The lowest BCUT2D eigenvalue weighted by atomic mass is 9.91. The summed E-state index contributed by atoms with van der Waals surface area (Å²) >= 11 is 0. The highest BCUT2D eigenvalue weighted by Gasteiger charge is 2.22. The first-order valence-electron chi connectivity index (χ1n) is 5.38. The van der Waals surface area contributed by atoms with Crippen molar-refractivity contribution in [3.63, 3.8) is 0 Å². The van der Waals surface area contributed by atoms with E-state index in [0.717, 1.165) is 12.8 Å². The zero-order chi connectivity index (χ0) is 10.7. The van der Waals surface area contributed by atoms with Crippen molar-refractivity contribution in [2.75, 3.05) is 0 Å². The Morgan fingerprint density at radius 2 is 1.93 bits per heavy atom. The van der Waals surface area contributed by atoms with Gasteiger partial charge in [0, 0.05) is 5.92 Å². The summed E-state index contributed by atoms with van der Waals surface area (Å²) in [6, 6.07) is 8.61. The number of benzene rings is 1. The van der Waals surface area contributed by atoms with Crippen molar-refractivity contribution >= 4 is 6.08 Å². The van der Waals surface area contributed by atoms with Crippen molar-refractivity contribution in [3.05, 3.63) is 66.3 Å². The molecule has 0 aromatic heterocycles. The molecule has 0 aliphatic heterocycles. The lowest BCUT2D eigenvalue weighted by molar-refractivity contribution is 0.809. The summed E-state index contributed by atoms with van der Waals surface area (Å²) in [6.45, 7) is 7.65. The maximum Gasteiger partial charge on any atom is 0.00949 e. The van der Waals surface area contributed by atoms with Crippen LogP contribution in [0, 0.1) is 0 Å². The number of rotatable bonds is 4. The molecule has 0 saturated heterocycles. The van der Waals surface area contributed by atoms with Crippen LogP contribution in [-0.2, 0) is 0 Å². The molecular weight excluding hydrogens is 180 g/mol. The predicted octanol–water partition coefficient (Wildman–Crippen LogP) is 4.32. The average Bonchev–Trinajstić information content (AvgIpc) is 2.59. The van der Waals surface area contributed by atoms with Gasteiger partial charge in [-0.2, -0.15) is 0 Å². The maximum absolute atomic E-state index is 3.84. The predicted molar refractivity (Wildman–Crippen MR) is 66.8 cm³/mol. The normalized spacial score (nSPS) is 18.1. The second-order valence-electron chi connectivity index (χ2n) is 3.92. The molecule has 15 heavy (non-hydrogen) atoms. The Labute approximate surface area is 91.6 Å². The third-order valence-corrected chi connectivity index (χ3v) is 2.94. The SMILES string of the molecule is C=CCC1=Cc2ccccc2[C@H]1CC=C. The zero-order valence-electron chi connectivity index (χ0n) is 8.95. The Morgan fingerprint density at radius 1 is 1.13 bits per heavy atom. The lowest BCUT2D eigenvalue weighted by Gasteiger charge is -2.13. The van der Waals surface area contributed by atoms with Crippen LogP contribution in [0.2, 0.25) is 0 Å². The number of hydrogen-bond acceptors (Lipinski definition) is 0. The maximum atomic E-state index is 3.84. The second-order valence-corrected chi connectivity index (χ2v) is 3.92. The first-order valence-corrected chi connectivity index (χ1v) is 5.38. The Kier molecular flexibility index (Phi) is 2.86. The molecule has 0 radical (unpaired) electrons. The van der Waals surface area contributed by atoms with Gasteiger partial charge in [-0.05, 0) is 24.0 Å². The molecule has 76 valence electrons. The van der Waals surface area contributed by atoms with Crippen LogP contribution in [-0.4, -0.2) is 0 Å². The molecular formula is C15H16. The minimum atomic E-state index is 0.525. The first kappa shape index (κ1) is 9.97. The van der Waals surface area contributed by atoms with E-state index in [0.29, 0.717) is 5.92 Å². The van der Waals surface area contributed by atoms with Gasteiger partial charge in [-0.15, -0.1) is 13.2 Å². The number of hydrogen-bond donors (Lipinski definition) is 0. The van der Waals surface area contributed by atoms with Crippen LogP contribution in [0.4, 0.5) is 0 Å². The van der Waals surface area contributed by atoms with Gasteiger partial charge in [-0.3, -0.25) is 0 Å². The monoisotopic (exact) mass is 196 g/mol. The highest BCUT2D eigenvalue weighted by molar-refractivity contribution is 5.66. The fourth-order valence-electron chi connectivity index (χ4n) is 2.27. The molecule has 0 nitrogen and oxygen atoms in total. The van der Waals surface area contributed by atoms with Crippen LogP contribution in [0.5, 0.6) is 0 Å². The molecule has 0 spiro atoms. The second kappa shape index (κ2) is 4.31. The Balaban J connectivity index is 2.37. The molecule has 0 unspecified atom stereocenters. The quantitative estimate of drug-likeness (QED) is 0.629. The van der Waals surface area contributed by atoms with Crippen LogP contribution in [0.25, 0.3) is 6.08 Å². The molecule has 0 saturated carbocycles. The van der Waals surface area contributed by atoms with Gasteiger partial charge < -0.3 is 0 Å². The summed E-state index contributed by atoms with van der Waals surface area (Å²) in [4.78, 5) is 0. The van der Waals surface area contributed by atoms with Crippen molar-refractivity contribution < 1.29 is 0 Å². The van der Waals surface area contributed by atoms with Crippen molar-refractivity contribution in [1.82, 2.24) is 0 Å². The van der Waals surface area contributed by atoms with E-state index in [4.69, 9.17) is 0 Å². The standard InChI is InChI=1S/C15H16/c1-3-7-12-11-13-9-5-6-10-15(13)14(12)8-4-2/h3-6,9-11,14H,1-2,7-8H2/t14-/m0/s1. The third kappa shape index (κ3) is 1.80. The summed E-state index contributed by atoms with van der Waals surface area (Å²) in [7, 11) is 0. The fraction of sp³-hybridized carbons (Fsp3) is 0.200. The lowest BCUT2D eigenvalue weighted by Crippen LogP contribution is -1.96. The van der Waals surface area contributed by atoms with Gasteiger partial charge in [0.1, 0.15) is 0 Å². The molecule has 0 heterocycles. The van der Waals surface area contributed by atoms with E-state index < -0.39 is 0 Å². The molecule has 1 aromatic rings. The summed E-state index contributed by atoms with van der Waals surface area (Å²) in [5.41, 5.74) is 4.27. The van der Waals surface area contributed by atoms with Crippen molar-refractivity contribution in [3.8, 4) is 0 Å². The summed E-state index contributed by atoms with van der Waals surface area (Å²) in [6.07, 6.45) is 8.28. The number of fused-ring (bicyclic) bond motifs is 1. The van der Waals surface area contributed by atoms with Gasteiger partial charge in [0.05, 0.1) is 0 Å². The highest BCUT2D eigenvalue weighted by Crippen LogP contribution is 2.40. The molecule has 2 rings (SSSR count). The van der Waals surface area contributed by atoms with Crippen LogP contribution >= 0.6 is 0 Å². The summed E-state index contributed by atoms with van der Waals surface area (Å²) in [5, 5.41) is 0. The van der Waals surface area contributed by atoms with E-state index in [9.17, 15) is 0 Å². The molecule has 0 heteroatoms. The van der Waals surface area contributed by atoms with Gasteiger partial charge in [-0.1, -0.05) is 48.1 Å². The average molecular weight is 196 g/mol. The molecule has 0 fully saturated rings. The van der Waals surface area contributed by atoms with E-state index >= 15 is 0 Å². The molecule has 1 atom stereocenters. The molecule has 0 bridgehead atoms. The van der Waals surface area contributed by atoms with Gasteiger partial charge in [0.2, 0.25) is 0 Å². The van der Waals surface area contributed by atoms with E-state index in [1.54, 1.807) is 0 Å². The zero-order valence-corrected chi connectivity index (χ0v) is 8.95. The molecule has 0 amide bonds. The van der Waals surface area contributed by atoms with Crippen LogP contribution in [0.15, 0.2) is 55.1 Å². The number of allylic oxidation sites excluding steroid dienone is 3. The molecule has 1 aliphatic carbocycles. The Morgan fingerprint density at radius 3 is 2.67 bits per heavy atom. The summed E-state index contributed by atoms with van der Waals surface area (Å²) in [5.74, 6) is 0.525. The van der Waals surface area contributed by atoms with Gasteiger partial charge in [0.25, 0.3) is 0 Å². The van der Waals surface area contributed by atoms with Crippen LogP contribution in [0.1, 0.15) is 29.9 Å². The van der Waals surface area contributed by atoms with Gasteiger partial charge in [0.15, 0.2) is 0 Å². The van der Waals surface area contributed by atoms with Gasteiger partial charge in [-0.25, -0.2) is 0 Å². The van der Waals surface area contributed by atoms with Gasteiger partial charge >= 0.3 is 0 Å². The minimum absolute atomic E-state index is 0.525. The molecule has 0 N–H and O–H groups in total. The molecule has 1 aromatic carbocycles. The topological polar surface area (TPSA) is 0 Å².